The zero-order valence-corrected chi connectivity index (χ0v) is 10.1. The van der Waals surface area contributed by atoms with E-state index in [2.05, 4.69) is 34.6 Å². The van der Waals surface area contributed by atoms with E-state index in [4.69, 9.17) is 4.74 Å². The van der Waals surface area contributed by atoms with Crippen molar-refractivity contribution in [1.29, 1.82) is 0 Å². The molecule has 0 saturated carbocycles. The molecule has 1 unspecified atom stereocenters. The molecule has 0 spiro atoms. The minimum Gasteiger partial charge on any atom is -0.383 e. The molecule has 1 aromatic carbocycles. The van der Waals surface area contributed by atoms with Crippen LogP contribution in [0.4, 0.5) is 5.69 Å². The molecule has 0 radical (unpaired) electrons. The molecule has 0 aliphatic carbocycles. The van der Waals surface area contributed by atoms with Crippen LogP contribution < -0.4 is 5.32 Å². The van der Waals surface area contributed by atoms with Crippen molar-refractivity contribution >= 4 is 5.69 Å². The molecule has 0 amide bonds. The molecule has 0 bridgehead atoms. The highest BCUT2D eigenvalue weighted by atomic mass is 16.5. The number of aromatic amines is 1. The average Bonchev–Trinajstić information content (AvgIpc) is 2.83. The monoisotopic (exact) mass is 231 g/mol. The molecule has 2 N–H and O–H groups in total. The Morgan fingerprint density at radius 2 is 2.29 bits per heavy atom. The van der Waals surface area contributed by atoms with E-state index in [1.165, 1.54) is 0 Å². The third kappa shape index (κ3) is 3.07. The number of ether oxygens (including phenoxy) is 1. The van der Waals surface area contributed by atoms with Gasteiger partial charge in [0.15, 0.2) is 0 Å². The van der Waals surface area contributed by atoms with E-state index in [1.807, 2.05) is 18.2 Å². The minimum atomic E-state index is 0.289. The zero-order valence-electron chi connectivity index (χ0n) is 10.1. The number of nitrogens with zero attached hydrogens (tertiary/aromatic N) is 1. The van der Waals surface area contributed by atoms with Crippen LogP contribution in [0.1, 0.15) is 6.92 Å². The summed E-state index contributed by atoms with van der Waals surface area (Å²) < 4.78 is 5.10. The molecule has 4 nitrogen and oxygen atoms in total. The first-order valence-corrected chi connectivity index (χ1v) is 5.65. The van der Waals surface area contributed by atoms with Gasteiger partial charge in [-0.2, -0.15) is 5.10 Å². The molecule has 0 aliphatic rings. The maximum atomic E-state index is 5.10. The van der Waals surface area contributed by atoms with E-state index in [-0.39, 0.29) is 6.04 Å². The number of hydrogen-bond donors (Lipinski definition) is 2. The van der Waals surface area contributed by atoms with Crippen LogP contribution in [0.2, 0.25) is 0 Å². The lowest BCUT2D eigenvalue weighted by molar-refractivity contribution is 0.190. The van der Waals surface area contributed by atoms with Crippen LogP contribution in [-0.2, 0) is 4.74 Å². The van der Waals surface area contributed by atoms with Crippen molar-refractivity contribution in [2.45, 2.75) is 13.0 Å². The third-order valence-corrected chi connectivity index (χ3v) is 2.50. The Morgan fingerprint density at radius 1 is 1.41 bits per heavy atom. The van der Waals surface area contributed by atoms with Gasteiger partial charge in [0, 0.05) is 30.6 Å². The summed E-state index contributed by atoms with van der Waals surface area (Å²) in [6, 6.07) is 10.5. The first-order valence-electron chi connectivity index (χ1n) is 5.65. The van der Waals surface area contributed by atoms with Crippen LogP contribution in [0.25, 0.3) is 11.3 Å². The van der Waals surface area contributed by atoms with Gasteiger partial charge in [0.2, 0.25) is 0 Å². The second-order valence-corrected chi connectivity index (χ2v) is 4.05. The first kappa shape index (κ1) is 11.7. The van der Waals surface area contributed by atoms with Crippen LogP contribution in [0, 0.1) is 0 Å². The fraction of sp³-hybridized carbons (Fsp3) is 0.308. The van der Waals surface area contributed by atoms with E-state index in [9.17, 15) is 0 Å². The van der Waals surface area contributed by atoms with Gasteiger partial charge in [-0.05, 0) is 25.1 Å². The van der Waals surface area contributed by atoms with Crippen molar-refractivity contribution in [1.82, 2.24) is 10.2 Å². The molecule has 1 aromatic heterocycles. The number of hydrogen-bond acceptors (Lipinski definition) is 3. The number of nitrogens with one attached hydrogen (secondary N) is 2. The lowest BCUT2D eigenvalue weighted by Gasteiger charge is -2.14. The molecule has 0 saturated heterocycles. The molecule has 0 aliphatic heterocycles. The summed E-state index contributed by atoms with van der Waals surface area (Å²) >= 11 is 0. The Kier molecular flexibility index (Phi) is 3.77. The highest BCUT2D eigenvalue weighted by Gasteiger charge is 2.03. The van der Waals surface area contributed by atoms with Gasteiger partial charge < -0.3 is 10.1 Å². The standard InChI is InChI=1S/C13H17N3O/c1-10(9-17-2)15-12-5-3-4-11(8-12)13-6-7-14-16-13/h3-8,10,15H,9H2,1-2H3,(H,14,16). The number of methoxy groups -OCH3 is 1. The van der Waals surface area contributed by atoms with Crippen LogP contribution in [0.5, 0.6) is 0 Å². The summed E-state index contributed by atoms with van der Waals surface area (Å²) in [6.07, 6.45) is 1.75. The Hall–Kier alpha value is -1.81. The van der Waals surface area contributed by atoms with Crippen molar-refractivity contribution in [2.24, 2.45) is 0 Å². The maximum Gasteiger partial charge on any atom is 0.0661 e. The van der Waals surface area contributed by atoms with Crippen molar-refractivity contribution in [2.75, 3.05) is 19.0 Å². The minimum absolute atomic E-state index is 0.289. The predicted octanol–water partition coefficient (Wildman–Crippen LogP) is 2.52. The molecule has 1 heterocycles. The molecular weight excluding hydrogens is 214 g/mol. The third-order valence-electron chi connectivity index (χ3n) is 2.50. The van der Waals surface area contributed by atoms with E-state index >= 15 is 0 Å². The van der Waals surface area contributed by atoms with E-state index in [0.717, 1.165) is 16.9 Å². The quantitative estimate of drug-likeness (QED) is 0.831. The Balaban J connectivity index is 2.12. The number of anilines is 1. The highest BCUT2D eigenvalue weighted by Crippen LogP contribution is 2.20. The summed E-state index contributed by atoms with van der Waals surface area (Å²) in [5, 5.41) is 10.3. The van der Waals surface area contributed by atoms with Crippen molar-refractivity contribution in [3.63, 3.8) is 0 Å². The summed E-state index contributed by atoms with van der Waals surface area (Å²) in [6.45, 7) is 2.78. The topological polar surface area (TPSA) is 49.9 Å². The second kappa shape index (κ2) is 5.50. The van der Waals surface area contributed by atoms with Crippen molar-refractivity contribution in [3.05, 3.63) is 36.5 Å². The smallest absolute Gasteiger partial charge is 0.0661 e. The van der Waals surface area contributed by atoms with E-state index < -0.39 is 0 Å². The van der Waals surface area contributed by atoms with Crippen molar-refractivity contribution < 1.29 is 4.74 Å². The fourth-order valence-corrected chi connectivity index (χ4v) is 1.77. The highest BCUT2D eigenvalue weighted by molar-refractivity contribution is 5.64. The molecular formula is C13H17N3O. The largest absolute Gasteiger partial charge is 0.383 e. The van der Waals surface area contributed by atoms with Gasteiger partial charge in [0.1, 0.15) is 0 Å². The Bertz CT molecular complexity index is 453. The molecule has 90 valence electrons. The summed E-state index contributed by atoms with van der Waals surface area (Å²) in [7, 11) is 1.71. The van der Waals surface area contributed by atoms with Gasteiger partial charge in [-0.25, -0.2) is 0 Å². The molecule has 0 fully saturated rings. The van der Waals surface area contributed by atoms with E-state index in [0.29, 0.717) is 6.61 Å². The fourth-order valence-electron chi connectivity index (χ4n) is 1.77. The van der Waals surface area contributed by atoms with Crippen molar-refractivity contribution in [3.8, 4) is 11.3 Å². The molecule has 17 heavy (non-hydrogen) atoms. The summed E-state index contributed by atoms with van der Waals surface area (Å²) in [5.41, 5.74) is 3.23. The molecule has 4 heteroatoms. The SMILES string of the molecule is COCC(C)Nc1cccc(-c2ccn[nH]2)c1. The van der Waals surface area contributed by atoms with Gasteiger partial charge in [-0.1, -0.05) is 12.1 Å². The van der Waals surface area contributed by atoms with Crippen LogP contribution in [0.15, 0.2) is 36.5 Å². The second-order valence-electron chi connectivity index (χ2n) is 4.05. The number of rotatable bonds is 5. The molecule has 2 aromatic rings. The molecule has 1 atom stereocenters. The summed E-state index contributed by atoms with van der Waals surface area (Å²) in [5.74, 6) is 0. The van der Waals surface area contributed by atoms with Gasteiger partial charge in [-0.3, -0.25) is 5.10 Å². The molecule has 2 rings (SSSR count). The van der Waals surface area contributed by atoms with Crippen LogP contribution >= 0.6 is 0 Å². The van der Waals surface area contributed by atoms with Gasteiger partial charge in [0.25, 0.3) is 0 Å². The lowest BCUT2D eigenvalue weighted by atomic mass is 10.1. The average molecular weight is 231 g/mol. The number of H-pyrrole nitrogens is 1. The number of benzene rings is 1. The maximum absolute atomic E-state index is 5.10. The van der Waals surface area contributed by atoms with Gasteiger partial charge in [0.05, 0.1) is 12.3 Å². The first-order chi connectivity index (χ1) is 8.29. The summed E-state index contributed by atoms with van der Waals surface area (Å²) in [4.78, 5) is 0. The Labute approximate surface area is 101 Å². The number of aromatic nitrogens is 2. The normalized spacial score (nSPS) is 12.4. The van der Waals surface area contributed by atoms with Crippen LogP contribution in [0.3, 0.4) is 0 Å². The van der Waals surface area contributed by atoms with Gasteiger partial charge >= 0.3 is 0 Å². The van der Waals surface area contributed by atoms with Crippen LogP contribution in [-0.4, -0.2) is 30.0 Å². The lowest BCUT2D eigenvalue weighted by Crippen LogP contribution is -2.20. The van der Waals surface area contributed by atoms with Gasteiger partial charge in [-0.15, -0.1) is 0 Å². The van der Waals surface area contributed by atoms with E-state index in [1.54, 1.807) is 13.3 Å². The predicted molar refractivity (Wildman–Crippen MR) is 69.0 cm³/mol. The zero-order chi connectivity index (χ0) is 12.1. The Morgan fingerprint density at radius 3 is 3.00 bits per heavy atom.